The number of benzene rings is 1. The molecule has 2 heteroatoms. The van der Waals surface area contributed by atoms with Gasteiger partial charge in [-0.25, -0.2) is 0 Å². The second-order valence-electron chi connectivity index (χ2n) is 4.42. The smallest absolute Gasteiger partial charge is 0.124 e. The van der Waals surface area contributed by atoms with Crippen LogP contribution in [-0.4, -0.2) is 17.3 Å². The highest BCUT2D eigenvalue weighted by molar-refractivity contribution is 5.28. The van der Waals surface area contributed by atoms with E-state index in [0.29, 0.717) is 0 Å². The van der Waals surface area contributed by atoms with E-state index in [0.717, 1.165) is 31.4 Å². The van der Waals surface area contributed by atoms with Crippen LogP contribution < -0.4 is 4.74 Å². The van der Waals surface area contributed by atoms with Crippen LogP contribution in [0.1, 0.15) is 45.6 Å². The lowest BCUT2D eigenvalue weighted by atomic mass is 10.1. The van der Waals surface area contributed by atoms with E-state index in [1.807, 2.05) is 19.1 Å². The van der Waals surface area contributed by atoms with Crippen LogP contribution >= 0.6 is 0 Å². The van der Waals surface area contributed by atoms with Crippen molar-refractivity contribution < 1.29 is 9.84 Å². The van der Waals surface area contributed by atoms with Gasteiger partial charge in [0.05, 0.1) is 6.10 Å². The van der Waals surface area contributed by atoms with Crippen LogP contribution in [0.4, 0.5) is 0 Å². The van der Waals surface area contributed by atoms with E-state index in [1.54, 1.807) is 0 Å². The second kappa shape index (κ2) is 7.33. The first-order valence-electron chi connectivity index (χ1n) is 6.64. The van der Waals surface area contributed by atoms with Gasteiger partial charge in [0.2, 0.25) is 0 Å². The van der Waals surface area contributed by atoms with Crippen molar-refractivity contribution in [3.8, 4) is 5.75 Å². The highest BCUT2D eigenvalue weighted by Gasteiger charge is 2.18. The minimum atomic E-state index is -0.365. The quantitative estimate of drug-likeness (QED) is 0.784. The van der Waals surface area contributed by atoms with Crippen molar-refractivity contribution in [3.63, 3.8) is 0 Å². The molecule has 96 valence electrons. The van der Waals surface area contributed by atoms with Crippen molar-refractivity contribution in [2.24, 2.45) is 0 Å². The van der Waals surface area contributed by atoms with Gasteiger partial charge in [0.15, 0.2) is 0 Å². The highest BCUT2D eigenvalue weighted by atomic mass is 16.5. The molecule has 0 saturated carbocycles. The zero-order chi connectivity index (χ0) is 12.7. The molecule has 0 aliphatic heterocycles. The summed E-state index contributed by atoms with van der Waals surface area (Å²) < 4.78 is 5.87. The molecule has 0 spiro atoms. The van der Waals surface area contributed by atoms with Crippen LogP contribution in [0.2, 0.25) is 0 Å². The molecule has 0 aromatic heterocycles. The molecular formula is C15H24O2. The number of rotatable bonds is 7. The molecule has 0 amide bonds. The van der Waals surface area contributed by atoms with Crippen molar-refractivity contribution in [2.75, 3.05) is 0 Å². The summed E-state index contributed by atoms with van der Waals surface area (Å²) in [5, 5.41) is 9.97. The first kappa shape index (κ1) is 14.0. The van der Waals surface area contributed by atoms with Gasteiger partial charge in [-0.2, -0.15) is 0 Å². The lowest BCUT2D eigenvalue weighted by molar-refractivity contribution is 0.0284. The number of aliphatic hydroxyl groups excluding tert-OH is 1. The maximum Gasteiger partial charge on any atom is 0.124 e. The van der Waals surface area contributed by atoms with Gasteiger partial charge in [-0.05, 0) is 37.0 Å². The number of hydrogen-bond acceptors (Lipinski definition) is 2. The van der Waals surface area contributed by atoms with Gasteiger partial charge in [-0.1, -0.05) is 39.3 Å². The average Bonchev–Trinajstić information content (AvgIpc) is 2.36. The molecule has 1 aromatic carbocycles. The summed E-state index contributed by atoms with van der Waals surface area (Å²) in [6, 6.07) is 8.12. The zero-order valence-corrected chi connectivity index (χ0v) is 11.1. The fraction of sp³-hybridized carbons (Fsp3) is 0.600. The van der Waals surface area contributed by atoms with Crippen molar-refractivity contribution in [2.45, 2.75) is 58.7 Å². The molecule has 1 aromatic rings. The number of aryl methyl sites for hydroxylation is 1. The van der Waals surface area contributed by atoms with Crippen molar-refractivity contribution >= 4 is 0 Å². The van der Waals surface area contributed by atoms with Crippen molar-refractivity contribution in [1.29, 1.82) is 0 Å². The SMILES string of the molecule is CCCC(O)C(CC)Oc1cccc(CC)c1. The first-order chi connectivity index (χ1) is 8.21. The average molecular weight is 236 g/mol. The summed E-state index contributed by atoms with van der Waals surface area (Å²) in [5.41, 5.74) is 1.27. The van der Waals surface area contributed by atoms with Gasteiger partial charge < -0.3 is 9.84 Å². The molecule has 1 N–H and O–H groups in total. The van der Waals surface area contributed by atoms with Gasteiger partial charge in [0.25, 0.3) is 0 Å². The predicted molar refractivity (Wildman–Crippen MR) is 71.4 cm³/mol. The van der Waals surface area contributed by atoms with Crippen LogP contribution in [0.3, 0.4) is 0 Å². The van der Waals surface area contributed by atoms with E-state index >= 15 is 0 Å². The Morgan fingerprint density at radius 2 is 2.00 bits per heavy atom. The van der Waals surface area contributed by atoms with E-state index < -0.39 is 0 Å². The molecule has 0 bridgehead atoms. The van der Waals surface area contributed by atoms with Crippen LogP contribution in [0, 0.1) is 0 Å². The topological polar surface area (TPSA) is 29.5 Å². The predicted octanol–water partition coefficient (Wildman–Crippen LogP) is 3.57. The molecule has 2 atom stereocenters. The first-order valence-corrected chi connectivity index (χ1v) is 6.64. The van der Waals surface area contributed by atoms with E-state index in [2.05, 4.69) is 26.0 Å². The Morgan fingerprint density at radius 1 is 1.24 bits per heavy atom. The van der Waals surface area contributed by atoms with Crippen LogP contribution in [0.15, 0.2) is 24.3 Å². The fourth-order valence-corrected chi connectivity index (χ4v) is 1.93. The summed E-state index contributed by atoms with van der Waals surface area (Å²) in [7, 11) is 0. The zero-order valence-electron chi connectivity index (χ0n) is 11.1. The molecular weight excluding hydrogens is 212 g/mol. The van der Waals surface area contributed by atoms with E-state index in [-0.39, 0.29) is 12.2 Å². The van der Waals surface area contributed by atoms with E-state index in [4.69, 9.17) is 4.74 Å². The molecule has 0 radical (unpaired) electrons. The Kier molecular flexibility index (Phi) is 6.06. The third-order valence-electron chi connectivity index (χ3n) is 3.01. The van der Waals surface area contributed by atoms with Gasteiger partial charge in [0.1, 0.15) is 11.9 Å². The summed E-state index contributed by atoms with van der Waals surface area (Å²) in [5.74, 6) is 0.867. The van der Waals surface area contributed by atoms with E-state index in [1.165, 1.54) is 5.56 Å². The Morgan fingerprint density at radius 3 is 2.59 bits per heavy atom. The minimum absolute atomic E-state index is 0.0953. The Balaban J connectivity index is 2.66. The molecule has 0 saturated heterocycles. The minimum Gasteiger partial charge on any atom is -0.488 e. The highest BCUT2D eigenvalue weighted by Crippen LogP contribution is 2.19. The van der Waals surface area contributed by atoms with Crippen LogP contribution in [-0.2, 0) is 6.42 Å². The van der Waals surface area contributed by atoms with Crippen LogP contribution in [0.25, 0.3) is 0 Å². The monoisotopic (exact) mass is 236 g/mol. The molecule has 1 rings (SSSR count). The normalized spacial score (nSPS) is 14.4. The molecule has 0 fully saturated rings. The molecule has 17 heavy (non-hydrogen) atoms. The molecule has 0 aliphatic carbocycles. The van der Waals surface area contributed by atoms with Gasteiger partial charge in [0, 0.05) is 0 Å². The number of aliphatic hydroxyl groups is 1. The van der Waals surface area contributed by atoms with Crippen molar-refractivity contribution in [1.82, 2.24) is 0 Å². The molecule has 0 heterocycles. The van der Waals surface area contributed by atoms with Gasteiger partial charge in [-0.15, -0.1) is 0 Å². The standard InChI is InChI=1S/C15H24O2/c1-4-8-14(16)15(6-3)17-13-10-7-9-12(5-2)11-13/h7,9-11,14-16H,4-6,8H2,1-3H3. The van der Waals surface area contributed by atoms with Gasteiger partial charge in [-0.3, -0.25) is 0 Å². The van der Waals surface area contributed by atoms with Crippen LogP contribution in [0.5, 0.6) is 5.75 Å². The molecule has 0 aliphatic rings. The Bertz CT molecular complexity index is 322. The van der Waals surface area contributed by atoms with E-state index in [9.17, 15) is 5.11 Å². The third-order valence-corrected chi connectivity index (χ3v) is 3.01. The second-order valence-corrected chi connectivity index (χ2v) is 4.42. The molecule has 2 nitrogen and oxygen atoms in total. The summed E-state index contributed by atoms with van der Waals surface area (Å²) in [6.45, 7) is 6.25. The Hall–Kier alpha value is -1.02. The summed E-state index contributed by atoms with van der Waals surface area (Å²) >= 11 is 0. The summed E-state index contributed by atoms with van der Waals surface area (Å²) in [4.78, 5) is 0. The molecule has 2 unspecified atom stereocenters. The maximum atomic E-state index is 9.97. The Labute approximate surface area is 105 Å². The number of hydrogen-bond donors (Lipinski definition) is 1. The third kappa shape index (κ3) is 4.39. The van der Waals surface area contributed by atoms with Crippen molar-refractivity contribution in [3.05, 3.63) is 29.8 Å². The maximum absolute atomic E-state index is 9.97. The largest absolute Gasteiger partial charge is 0.488 e. The lowest BCUT2D eigenvalue weighted by Crippen LogP contribution is -2.31. The van der Waals surface area contributed by atoms with Gasteiger partial charge >= 0.3 is 0 Å². The fourth-order valence-electron chi connectivity index (χ4n) is 1.93. The lowest BCUT2D eigenvalue weighted by Gasteiger charge is -2.23. The number of ether oxygens (including phenoxy) is 1. The summed E-state index contributed by atoms with van der Waals surface area (Å²) in [6.07, 6.45) is 3.16.